The molecule has 1 heterocycles. The van der Waals surface area contributed by atoms with Crippen molar-refractivity contribution in [1.82, 2.24) is 9.80 Å². The Balaban J connectivity index is 2.22. The quantitative estimate of drug-likeness (QED) is 0.730. The van der Waals surface area contributed by atoms with Gasteiger partial charge in [-0.25, -0.2) is 0 Å². The van der Waals surface area contributed by atoms with E-state index in [0.29, 0.717) is 17.5 Å². The molecule has 0 bridgehead atoms. The summed E-state index contributed by atoms with van der Waals surface area (Å²) in [6.45, 7) is 6.41. The number of rotatable bonds is 4. The molecule has 1 rings (SSSR count). The van der Waals surface area contributed by atoms with Gasteiger partial charge < -0.3 is 15.5 Å². The van der Waals surface area contributed by atoms with Crippen molar-refractivity contribution < 1.29 is 4.79 Å². The van der Waals surface area contributed by atoms with E-state index in [4.69, 9.17) is 5.73 Å². The summed E-state index contributed by atoms with van der Waals surface area (Å²) >= 11 is 1.65. The van der Waals surface area contributed by atoms with E-state index >= 15 is 0 Å². The van der Waals surface area contributed by atoms with Crippen molar-refractivity contribution in [2.45, 2.75) is 12.2 Å². The van der Waals surface area contributed by atoms with E-state index in [-0.39, 0.29) is 5.91 Å². The first kappa shape index (κ1) is 12.8. The van der Waals surface area contributed by atoms with Crippen molar-refractivity contribution in [3.8, 4) is 0 Å². The number of piperazine rings is 1. The van der Waals surface area contributed by atoms with Gasteiger partial charge in [-0.05, 0) is 7.05 Å². The van der Waals surface area contributed by atoms with Gasteiger partial charge in [0.05, 0.1) is 5.75 Å². The van der Waals surface area contributed by atoms with E-state index in [0.717, 1.165) is 26.2 Å². The lowest BCUT2D eigenvalue weighted by Gasteiger charge is -2.32. The van der Waals surface area contributed by atoms with Crippen LogP contribution in [0.3, 0.4) is 0 Å². The Morgan fingerprint density at radius 3 is 2.53 bits per heavy atom. The van der Waals surface area contributed by atoms with Gasteiger partial charge in [-0.15, -0.1) is 11.8 Å². The van der Waals surface area contributed by atoms with E-state index in [2.05, 4.69) is 18.9 Å². The van der Waals surface area contributed by atoms with Crippen LogP contribution >= 0.6 is 11.8 Å². The SMILES string of the molecule is CC(CN)SCC(=O)N1CCN(C)CC1. The second-order valence-electron chi connectivity index (χ2n) is 4.04. The number of likely N-dealkylation sites (N-methyl/N-ethyl adjacent to an activating group) is 1. The van der Waals surface area contributed by atoms with E-state index in [9.17, 15) is 4.79 Å². The summed E-state index contributed by atoms with van der Waals surface area (Å²) in [7, 11) is 2.09. The Bertz CT molecular complexity index is 205. The van der Waals surface area contributed by atoms with Crippen molar-refractivity contribution in [1.29, 1.82) is 0 Å². The Kier molecular flexibility index (Phi) is 5.42. The first-order valence-electron chi connectivity index (χ1n) is 5.41. The fraction of sp³-hybridized carbons (Fsp3) is 0.900. The van der Waals surface area contributed by atoms with Gasteiger partial charge in [-0.1, -0.05) is 6.92 Å². The van der Waals surface area contributed by atoms with E-state index in [1.54, 1.807) is 11.8 Å². The number of carbonyl (C=O) groups is 1. The van der Waals surface area contributed by atoms with Gasteiger partial charge in [0, 0.05) is 38.0 Å². The fourth-order valence-corrected chi connectivity index (χ4v) is 2.17. The predicted octanol–water partition coefficient (Wildman–Crippen LogP) is -0.159. The van der Waals surface area contributed by atoms with Crippen LogP contribution in [0, 0.1) is 0 Å². The molecule has 0 aromatic rings. The van der Waals surface area contributed by atoms with Crippen molar-refractivity contribution in [3.05, 3.63) is 0 Å². The highest BCUT2D eigenvalue weighted by Gasteiger charge is 2.19. The average Bonchev–Trinajstić information content (AvgIpc) is 2.26. The monoisotopic (exact) mass is 231 g/mol. The molecule has 15 heavy (non-hydrogen) atoms. The van der Waals surface area contributed by atoms with Crippen molar-refractivity contribution >= 4 is 17.7 Å². The van der Waals surface area contributed by atoms with Crippen LogP contribution in [0.2, 0.25) is 0 Å². The molecule has 1 fully saturated rings. The zero-order valence-electron chi connectivity index (χ0n) is 9.61. The highest BCUT2D eigenvalue weighted by molar-refractivity contribution is 8.00. The highest BCUT2D eigenvalue weighted by Crippen LogP contribution is 2.10. The standard InChI is InChI=1S/C10H21N3OS/c1-9(7-11)15-8-10(14)13-5-3-12(2)4-6-13/h9H,3-8,11H2,1-2H3. The van der Waals surface area contributed by atoms with Gasteiger partial charge in [0.1, 0.15) is 0 Å². The van der Waals surface area contributed by atoms with Crippen molar-refractivity contribution in [2.24, 2.45) is 5.73 Å². The minimum atomic E-state index is 0.258. The molecular weight excluding hydrogens is 210 g/mol. The minimum Gasteiger partial charge on any atom is -0.339 e. The van der Waals surface area contributed by atoms with Crippen LogP contribution in [0.15, 0.2) is 0 Å². The predicted molar refractivity (Wildman–Crippen MR) is 65.1 cm³/mol. The molecule has 1 amide bonds. The largest absolute Gasteiger partial charge is 0.339 e. The molecule has 0 radical (unpaired) electrons. The maximum absolute atomic E-state index is 11.8. The molecule has 1 aliphatic rings. The summed E-state index contributed by atoms with van der Waals surface area (Å²) in [6.07, 6.45) is 0. The van der Waals surface area contributed by atoms with Crippen LogP contribution in [-0.4, -0.2) is 66.5 Å². The zero-order chi connectivity index (χ0) is 11.3. The summed E-state index contributed by atoms with van der Waals surface area (Å²) in [5, 5.41) is 0.376. The molecule has 2 N–H and O–H groups in total. The molecule has 0 aliphatic carbocycles. The third-order valence-corrected chi connectivity index (χ3v) is 3.85. The zero-order valence-corrected chi connectivity index (χ0v) is 10.4. The first-order valence-corrected chi connectivity index (χ1v) is 6.46. The second kappa shape index (κ2) is 6.35. The van der Waals surface area contributed by atoms with Gasteiger partial charge in [-0.2, -0.15) is 0 Å². The third-order valence-electron chi connectivity index (χ3n) is 2.68. The number of hydrogen-bond acceptors (Lipinski definition) is 4. The highest BCUT2D eigenvalue weighted by atomic mass is 32.2. The molecule has 0 saturated carbocycles. The van der Waals surface area contributed by atoms with Gasteiger partial charge in [-0.3, -0.25) is 4.79 Å². The molecule has 1 unspecified atom stereocenters. The maximum atomic E-state index is 11.8. The van der Waals surface area contributed by atoms with Crippen LogP contribution in [-0.2, 0) is 4.79 Å². The second-order valence-corrected chi connectivity index (χ2v) is 5.47. The number of carbonyl (C=O) groups excluding carboxylic acids is 1. The minimum absolute atomic E-state index is 0.258. The maximum Gasteiger partial charge on any atom is 0.232 e. The molecule has 0 aromatic carbocycles. The van der Waals surface area contributed by atoms with E-state index in [1.165, 1.54) is 0 Å². The number of thioether (sulfide) groups is 1. The fourth-order valence-electron chi connectivity index (χ4n) is 1.43. The van der Waals surface area contributed by atoms with E-state index in [1.807, 2.05) is 4.90 Å². The van der Waals surface area contributed by atoms with Crippen LogP contribution in [0.25, 0.3) is 0 Å². The lowest BCUT2D eigenvalue weighted by Crippen LogP contribution is -2.47. The normalized spacial score (nSPS) is 20.3. The Labute approximate surface area is 96.2 Å². The summed E-state index contributed by atoms with van der Waals surface area (Å²) in [4.78, 5) is 16.0. The van der Waals surface area contributed by atoms with Gasteiger partial charge in [0.15, 0.2) is 0 Å². The molecule has 1 atom stereocenters. The molecular formula is C10H21N3OS. The lowest BCUT2D eigenvalue weighted by molar-refractivity contribution is -0.129. The van der Waals surface area contributed by atoms with Crippen molar-refractivity contribution in [3.63, 3.8) is 0 Å². The Morgan fingerprint density at radius 1 is 1.40 bits per heavy atom. The smallest absolute Gasteiger partial charge is 0.232 e. The number of nitrogens with zero attached hydrogens (tertiary/aromatic N) is 2. The summed E-state index contributed by atoms with van der Waals surface area (Å²) in [5.74, 6) is 0.829. The van der Waals surface area contributed by atoms with Crippen LogP contribution < -0.4 is 5.73 Å². The average molecular weight is 231 g/mol. The molecule has 1 saturated heterocycles. The number of hydrogen-bond donors (Lipinski definition) is 1. The summed E-state index contributed by atoms with van der Waals surface area (Å²) in [5.41, 5.74) is 5.50. The molecule has 1 aliphatic heterocycles. The topological polar surface area (TPSA) is 49.6 Å². The molecule has 5 heteroatoms. The Hall–Kier alpha value is -0.260. The first-order chi connectivity index (χ1) is 7.13. The van der Waals surface area contributed by atoms with E-state index < -0.39 is 0 Å². The summed E-state index contributed by atoms with van der Waals surface area (Å²) < 4.78 is 0. The number of amides is 1. The van der Waals surface area contributed by atoms with Crippen LogP contribution in [0.1, 0.15) is 6.92 Å². The van der Waals surface area contributed by atoms with Gasteiger partial charge in [0.2, 0.25) is 5.91 Å². The van der Waals surface area contributed by atoms with Crippen molar-refractivity contribution in [2.75, 3.05) is 45.5 Å². The van der Waals surface area contributed by atoms with Crippen LogP contribution in [0.4, 0.5) is 0 Å². The molecule has 0 aromatic heterocycles. The third kappa shape index (κ3) is 4.40. The summed E-state index contributed by atoms with van der Waals surface area (Å²) in [6, 6.07) is 0. The van der Waals surface area contributed by atoms with Crippen LogP contribution in [0.5, 0.6) is 0 Å². The van der Waals surface area contributed by atoms with Gasteiger partial charge >= 0.3 is 0 Å². The molecule has 4 nitrogen and oxygen atoms in total. The molecule has 88 valence electrons. The number of nitrogens with two attached hydrogens (primary N) is 1. The van der Waals surface area contributed by atoms with Gasteiger partial charge in [0.25, 0.3) is 0 Å². The lowest BCUT2D eigenvalue weighted by atomic mass is 10.3. The molecule has 0 spiro atoms. The Morgan fingerprint density at radius 2 is 2.00 bits per heavy atom.